The van der Waals surface area contributed by atoms with Crippen LogP contribution >= 0.6 is 0 Å². The summed E-state index contributed by atoms with van der Waals surface area (Å²) in [5.74, 6) is 1.67. The Bertz CT molecular complexity index is 2660. The first-order valence-electron chi connectivity index (χ1n) is 19.5. The van der Waals surface area contributed by atoms with Crippen LogP contribution in [-0.2, 0) is 9.53 Å². The lowest BCUT2D eigenvalue weighted by molar-refractivity contribution is -0.130. The molecule has 0 bridgehead atoms. The van der Waals surface area contributed by atoms with E-state index in [1.165, 1.54) is 6.26 Å². The van der Waals surface area contributed by atoms with E-state index in [-0.39, 0.29) is 30.3 Å². The summed E-state index contributed by atoms with van der Waals surface area (Å²) in [6.45, 7) is 3.54. The number of pyridine rings is 4. The Balaban J connectivity index is 0.764. The van der Waals surface area contributed by atoms with Crippen LogP contribution in [0.1, 0.15) is 35.1 Å². The number of carbonyl (C=O) groups excluding carboxylic acids is 2. The molecule has 2 fully saturated rings. The third-order valence-corrected chi connectivity index (χ3v) is 10.9. The van der Waals surface area contributed by atoms with Crippen molar-refractivity contribution in [2.45, 2.75) is 25.0 Å². The van der Waals surface area contributed by atoms with Crippen LogP contribution in [0.25, 0.3) is 43.8 Å². The van der Waals surface area contributed by atoms with Crippen LogP contribution < -0.4 is 21.1 Å². The number of hydrogen-bond acceptors (Lipinski definition) is 13. The number of carbonyl (C=O) groups is 2. The second kappa shape index (κ2) is 16.6. The topological polar surface area (TPSA) is 187 Å². The lowest BCUT2D eigenvalue weighted by Crippen LogP contribution is -2.54. The van der Waals surface area contributed by atoms with Crippen LogP contribution in [0.15, 0.2) is 109 Å². The molecular weight excluding hydrogens is 749 g/mol. The zero-order valence-corrected chi connectivity index (χ0v) is 32.4. The number of nitrogens with zero attached hydrogens (tertiary/aromatic N) is 7. The summed E-state index contributed by atoms with van der Waals surface area (Å²) in [6.07, 6.45) is 13.2. The largest absolute Gasteiger partial charge is 0.495 e. The number of hydrogen-bond donors (Lipinski definition) is 3. The maximum Gasteiger partial charge on any atom is 0.278 e. The first kappa shape index (κ1) is 37.7. The van der Waals surface area contributed by atoms with Crippen LogP contribution in [0.3, 0.4) is 0 Å². The Kier molecular flexibility index (Phi) is 10.6. The maximum atomic E-state index is 13.2. The van der Waals surface area contributed by atoms with Crippen LogP contribution in [0.2, 0.25) is 0 Å². The van der Waals surface area contributed by atoms with E-state index >= 15 is 0 Å². The second-order valence-corrected chi connectivity index (χ2v) is 14.8. The van der Waals surface area contributed by atoms with Gasteiger partial charge in [-0.1, -0.05) is 24.3 Å². The van der Waals surface area contributed by atoms with Crippen molar-refractivity contribution in [1.29, 1.82) is 0 Å². The highest BCUT2D eigenvalue weighted by atomic mass is 16.5. The highest BCUT2D eigenvalue weighted by Crippen LogP contribution is 2.31. The molecular formula is C44H42N10O5. The summed E-state index contributed by atoms with van der Waals surface area (Å²) >= 11 is 0. The number of ether oxygens (including phenoxy) is 2. The van der Waals surface area contributed by atoms with Gasteiger partial charge in [0.25, 0.3) is 5.91 Å². The summed E-state index contributed by atoms with van der Waals surface area (Å²) < 4.78 is 17.3. The number of nitrogen functional groups attached to an aromatic ring is 1. The number of nitrogens with two attached hydrogens (primary N) is 1. The quantitative estimate of drug-likeness (QED) is 0.142. The van der Waals surface area contributed by atoms with Gasteiger partial charge >= 0.3 is 0 Å². The van der Waals surface area contributed by atoms with Crippen LogP contribution in [0.5, 0.6) is 5.75 Å². The molecule has 298 valence electrons. The number of fused-ring (bicyclic) bond motifs is 2. The van der Waals surface area contributed by atoms with Crippen molar-refractivity contribution < 1.29 is 23.5 Å². The van der Waals surface area contributed by atoms with Crippen molar-refractivity contribution in [3.63, 3.8) is 0 Å². The molecule has 0 radical (unpaired) electrons. The smallest absolute Gasteiger partial charge is 0.278 e. The van der Waals surface area contributed by atoms with Gasteiger partial charge in [-0.25, -0.2) is 15.0 Å². The van der Waals surface area contributed by atoms with E-state index in [4.69, 9.17) is 19.6 Å². The molecule has 15 nitrogen and oxygen atoms in total. The molecule has 4 N–H and O–H groups in total. The number of piperidine rings is 1. The van der Waals surface area contributed by atoms with E-state index in [0.717, 1.165) is 69.7 Å². The number of amides is 2. The molecule has 1 atom stereocenters. The molecule has 7 heterocycles. The molecule has 5 aromatic heterocycles. The third-order valence-electron chi connectivity index (χ3n) is 10.9. The van der Waals surface area contributed by atoms with Crippen molar-refractivity contribution in [2.24, 2.45) is 0 Å². The van der Waals surface area contributed by atoms with Crippen molar-refractivity contribution in [2.75, 3.05) is 62.8 Å². The van der Waals surface area contributed by atoms with Crippen LogP contribution in [0, 0.1) is 0 Å². The maximum absolute atomic E-state index is 13.2. The number of rotatable bonds is 10. The molecule has 1 unspecified atom stereocenters. The van der Waals surface area contributed by atoms with Gasteiger partial charge < -0.3 is 30.3 Å². The number of oxazole rings is 1. The normalized spacial score (nSPS) is 16.6. The minimum absolute atomic E-state index is 0.0646. The fraction of sp³-hybridized carbons (Fsp3) is 0.250. The molecule has 2 amide bonds. The van der Waals surface area contributed by atoms with Gasteiger partial charge in [-0.05, 0) is 71.1 Å². The second-order valence-electron chi connectivity index (χ2n) is 14.8. The van der Waals surface area contributed by atoms with Crippen molar-refractivity contribution in [3.05, 3.63) is 116 Å². The SMILES string of the molecule is COc1cncc(-c2ccc3cnc(NC(=O)CN4CCOC(N5CCC(c6nc(C(=O)Nc7cc8cc(-c9cncc(N)c9)ccc8cn7)co6)CC5)C4)cc3c2)c1. The van der Waals surface area contributed by atoms with E-state index in [0.29, 0.717) is 48.7 Å². The molecule has 15 heteroatoms. The summed E-state index contributed by atoms with van der Waals surface area (Å²) in [7, 11) is 1.62. The summed E-state index contributed by atoms with van der Waals surface area (Å²) in [5.41, 5.74) is 10.5. The lowest BCUT2D eigenvalue weighted by Gasteiger charge is -2.41. The molecule has 2 aromatic carbocycles. The van der Waals surface area contributed by atoms with Gasteiger partial charge in [-0.15, -0.1) is 0 Å². The Morgan fingerprint density at radius 1 is 0.780 bits per heavy atom. The Hall–Kier alpha value is -6.81. The molecule has 0 aliphatic carbocycles. The Labute approximate surface area is 339 Å². The van der Waals surface area contributed by atoms with Crippen molar-refractivity contribution >= 4 is 50.7 Å². The van der Waals surface area contributed by atoms with Gasteiger partial charge in [0.1, 0.15) is 29.9 Å². The van der Waals surface area contributed by atoms with Gasteiger partial charge in [0.15, 0.2) is 11.6 Å². The zero-order valence-electron chi connectivity index (χ0n) is 32.4. The van der Waals surface area contributed by atoms with Gasteiger partial charge in [0, 0.05) is 85.0 Å². The minimum atomic E-state index is -0.395. The lowest BCUT2D eigenvalue weighted by atomic mass is 9.96. The number of benzene rings is 2. The fourth-order valence-electron chi connectivity index (χ4n) is 7.71. The van der Waals surface area contributed by atoms with Crippen LogP contribution in [-0.4, -0.2) is 99.2 Å². The van der Waals surface area contributed by atoms with Gasteiger partial charge in [-0.2, -0.15) is 0 Å². The number of morpholine rings is 1. The summed E-state index contributed by atoms with van der Waals surface area (Å²) in [4.78, 5) is 52.8. The predicted molar refractivity (Wildman–Crippen MR) is 224 cm³/mol. The van der Waals surface area contributed by atoms with E-state index in [1.807, 2.05) is 54.6 Å². The van der Waals surface area contributed by atoms with Crippen molar-refractivity contribution in [1.82, 2.24) is 34.7 Å². The number of methoxy groups -OCH3 is 1. The Morgan fingerprint density at radius 3 is 2.15 bits per heavy atom. The zero-order chi connectivity index (χ0) is 40.3. The number of aromatic nitrogens is 5. The fourth-order valence-corrected chi connectivity index (χ4v) is 7.71. The molecule has 2 aliphatic rings. The van der Waals surface area contributed by atoms with Crippen LogP contribution in [0.4, 0.5) is 17.3 Å². The van der Waals surface area contributed by atoms with Gasteiger partial charge in [0.2, 0.25) is 5.91 Å². The number of nitrogens with one attached hydrogen (secondary N) is 2. The molecule has 2 saturated heterocycles. The number of likely N-dealkylation sites (tertiary alicyclic amines) is 1. The standard InChI is InChI=1S/C44H42N10O5/c1-57-37-15-35(19-47-23-37)29-3-5-30-20-48-39(16-32(30)13-29)51-41(55)24-53-10-11-58-42(25-53)54-8-6-27(7-9-54)44-50-38(26-59-44)43(56)52-40-17-33-12-28(2-4-31(33)21-49-40)34-14-36(45)22-46-18-34/h2-5,12-23,26-27,42H,6-11,24-25,45H2,1H3,(H,48,51,55)(H,49,52,56). The Morgan fingerprint density at radius 2 is 1.46 bits per heavy atom. The highest BCUT2D eigenvalue weighted by Gasteiger charge is 2.32. The molecule has 0 saturated carbocycles. The predicted octanol–water partition coefficient (Wildman–Crippen LogP) is 6.21. The van der Waals surface area contributed by atoms with E-state index in [2.05, 4.69) is 51.4 Å². The summed E-state index contributed by atoms with van der Waals surface area (Å²) in [6, 6.07) is 19.6. The van der Waals surface area contributed by atoms with Crippen molar-refractivity contribution in [3.8, 4) is 28.0 Å². The van der Waals surface area contributed by atoms with E-state index < -0.39 is 5.91 Å². The average molecular weight is 791 g/mol. The summed E-state index contributed by atoms with van der Waals surface area (Å²) in [5, 5.41) is 9.61. The number of anilines is 3. The van der Waals surface area contributed by atoms with E-state index in [9.17, 15) is 9.59 Å². The monoisotopic (exact) mass is 790 g/mol. The highest BCUT2D eigenvalue weighted by molar-refractivity contribution is 6.03. The van der Waals surface area contributed by atoms with E-state index in [1.54, 1.807) is 44.3 Å². The first-order valence-corrected chi connectivity index (χ1v) is 19.5. The minimum Gasteiger partial charge on any atom is -0.495 e. The first-order chi connectivity index (χ1) is 28.8. The van der Waals surface area contributed by atoms with Gasteiger partial charge in [0.05, 0.1) is 32.1 Å². The molecule has 9 rings (SSSR count). The molecule has 7 aromatic rings. The van der Waals surface area contributed by atoms with Gasteiger partial charge in [-0.3, -0.25) is 29.4 Å². The average Bonchev–Trinajstić information content (AvgIpc) is 3.77. The third kappa shape index (κ3) is 8.57. The molecule has 0 spiro atoms. The molecule has 2 aliphatic heterocycles. The molecule has 59 heavy (non-hydrogen) atoms.